The predicted octanol–water partition coefficient (Wildman–Crippen LogP) is 6.04. The second kappa shape index (κ2) is 6.75. The van der Waals surface area contributed by atoms with Crippen molar-refractivity contribution in [2.24, 2.45) is 23.2 Å². The molecule has 0 spiro atoms. The van der Waals surface area contributed by atoms with Crippen molar-refractivity contribution in [1.82, 2.24) is 0 Å². The van der Waals surface area contributed by atoms with Gasteiger partial charge < -0.3 is 5.11 Å². The van der Waals surface area contributed by atoms with Crippen LogP contribution < -0.4 is 0 Å². The fourth-order valence-corrected chi connectivity index (χ4v) is 5.80. The molecular formula is C22H36O. The van der Waals surface area contributed by atoms with Crippen LogP contribution >= 0.6 is 0 Å². The summed E-state index contributed by atoms with van der Waals surface area (Å²) in [7, 11) is 0. The second-order valence-corrected chi connectivity index (χ2v) is 9.12. The predicted molar refractivity (Wildman–Crippen MR) is 98.3 cm³/mol. The lowest BCUT2D eigenvalue weighted by Crippen LogP contribution is -2.44. The van der Waals surface area contributed by atoms with E-state index in [1.807, 2.05) is 6.08 Å². The third-order valence-corrected chi connectivity index (χ3v) is 7.54. The van der Waals surface area contributed by atoms with Crippen LogP contribution in [0.4, 0.5) is 0 Å². The Morgan fingerprint density at radius 2 is 2.00 bits per heavy atom. The maximum absolute atomic E-state index is 11.3. The Balaban J connectivity index is 1.82. The van der Waals surface area contributed by atoms with E-state index < -0.39 is 5.60 Å². The third kappa shape index (κ3) is 3.31. The molecule has 23 heavy (non-hydrogen) atoms. The van der Waals surface area contributed by atoms with Gasteiger partial charge in [-0.05, 0) is 81.0 Å². The van der Waals surface area contributed by atoms with Crippen molar-refractivity contribution in [3.63, 3.8) is 0 Å². The summed E-state index contributed by atoms with van der Waals surface area (Å²) < 4.78 is 0. The zero-order valence-electron chi connectivity index (χ0n) is 15.3. The van der Waals surface area contributed by atoms with Crippen molar-refractivity contribution in [2.75, 3.05) is 0 Å². The van der Waals surface area contributed by atoms with Gasteiger partial charge in [0.25, 0.3) is 0 Å². The number of fused-ring (bicyclic) bond motifs is 3. The highest BCUT2D eigenvalue weighted by Crippen LogP contribution is 2.51. The number of allylic oxidation sites excluding steroid dienone is 2. The molecule has 1 heteroatoms. The average Bonchev–Trinajstić information content (AvgIpc) is 2.57. The van der Waals surface area contributed by atoms with Crippen LogP contribution in [0.25, 0.3) is 0 Å². The SMILES string of the molecule is C=CC[C@]1(O)CCC[C@@H]2CCC3=CCCC[C@@H]3[C@H]2CCC1(C)C. The summed E-state index contributed by atoms with van der Waals surface area (Å²) in [6.45, 7) is 8.48. The highest BCUT2D eigenvalue weighted by molar-refractivity contribution is 5.15. The topological polar surface area (TPSA) is 20.2 Å². The fraction of sp³-hybridized carbons (Fsp3) is 0.818. The highest BCUT2D eigenvalue weighted by Gasteiger charge is 2.45. The third-order valence-electron chi connectivity index (χ3n) is 7.54. The van der Waals surface area contributed by atoms with Gasteiger partial charge in [-0.1, -0.05) is 44.4 Å². The van der Waals surface area contributed by atoms with E-state index in [9.17, 15) is 5.11 Å². The van der Waals surface area contributed by atoms with E-state index in [-0.39, 0.29) is 5.41 Å². The summed E-state index contributed by atoms with van der Waals surface area (Å²) in [6, 6.07) is 0. The van der Waals surface area contributed by atoms with Gasteiger partial charge in [0, 0.05) is 0 Å². The van der Waals surface area contributed by atoms with Crippen LogP contribution in [0.3, 0.4) is 0 Å². The van der Waals surface area contributed by atoms with Gasteiger partial charge in [-0.3, -0.25) is 0 Å². The lowest BCUT2D eigenvalue weighted by molar-refractivity contribution is -0.0772. The molecule has 0 heterocycles. The average molecular weight is 317 g/mol. The van der Waals surface area contributed by atoms with E-state index in [1.54, 1.807) is 5.57 Å². The lowest BCUT2D eigenvalue weighted by atomic mass is 9.62. The summed E-state index contributed by atoms with van der Waals surface area (Å²) in [5, 5.41) is 11.3. The molecule has 0 bridgehead atoms. The van der Waals surface area contributed by atoms with Gasteiger partial charge in [-0.25, -0.2) is 0 Å². The van der Waals surface area contributed by atoms with Crippen molar-refractivity contribution in [3.8, 4) is 0 Å². The molecule has 0 aliphatic heterocycles. The highest BCUT2D eigenvalue weighted by atomic mass is 16.3. The van der Waals surface area contributed by atoms with Crippen LogP contribution in [0.15, 0.2) is 24.3 Å². The number of hydrogen-bond donors (Lipinski definition) is 1. The van der Waals surface area contributed by atoms with E-state index in [2.05, 4.69) is 26.5 Å². The monoisotopic (exact) mass is 316 g/mol. The molecule has 0 saturated heterocycles. The first-order chi connectivity index (χ1) is 11.0. The van der Waals surface area contributed by atoms with Crippen LogP contribution in [0.5, 0.6) is 0 Å². The normalized spacial score (nSPS) is 40.7. The van der Waals surface area contributed by atoms with E-state index >= 15 is 0 Å². The summed E-state index contributed by atoms with van der Waals surface area (Å²) >= 11 is 0. The summed E-state index contributed by atoms with van der Waals surface area (Å²) in [6.07, 6.45) is 18.0. The Labute approximate surface area is 143 Å². The summed E-state index contributed by atoms with van der Waals surface area (Å²) in [5.74, 6) is 2.64. The molecule has 3 aliphatic rings. The van der Waals surface area contributed by atoms with Crippen molar-refractivity contribution in [1.29, 1.82) is 0 Å². The lowest BCUT2D eigenvalue weighted by Gasteiger charge is -2.44. The summed E-state index contributed by atoms with van der Waals surface area (Å²) in [4.78, 5) is 0. The molecule has 3 rings (SSSR count). The minimum Gasteiger partial charge on any atom is -0.389 e. The fourth-order valence-electron chi connectivity index (χ4n) is 5.80. The van der Waals surface area contributed by atoms with Gasteiger partial charge in [-0.15, -0.1) is 6.58 Å². The summed E-state index contributed by atoms with van der Waals surface area (Å²) in [5.41, 5.74) is 1.22. The molecule has 0 unspecified atom stereocenters. The molecule has 0 amide bonds. The first-order valence-corrected chi connectivity index (χ1v) is 9.99. The molecule has 2 saturated carbocycles. The zero-order chi connectivity index (χ0) is 16.5. The Bertz CT molecular complexity index is 461. The quantitative estimate of drug-likeness (QED) is 0.616. The molecule has 0 aromatic heterocycles. The Morgan fingerprint density at radius 1 is 1.17 bits per heavy atom. The maximum atomic E-state index is 11.3. The van der Waals surface area contributed by atoms with Crippen LogP contribution in [-0.4, -0.2) is 10.7 Å². The smallest absolute Gasteiger partial charge is 0.0732 e. The molecule has 2 fully saturated rings. The molecule has 0 aromatic carbocycles. The Kier molecular flexibility index (Phi) is 5.06. The molecule has 4 atom stereocenters. The van der Waals surface area contributed by atoms with Crippen molar-refractivity contribution >= 4 is 0 Å². The van der Waals surface area contributed by atoms with Crippen molar-refractivity contribution < 1.29 is 5.11 Å². The first kappa shape index (κ1) is 17.3. The molecule has 130 valence electrons. The van der Waals surface area contributed by atoms with E-state index in [4.69, 9.17) is 0 Å². The molecule has 1 N–H and O–H groups in total. The minimum atomic E-state index is -0.562. The first-order valence-electron chi connectivity index (χ1n) is 9.99. The maximum Gasteiger partial charge on any atom is 0.0732 e. The van der Waals surface area contributed by atoms with Gasteiger partial charge in [0.1, 0.15) is 0 Å². The largest absolute Gasteiger partial charge is 0.389 e. The molecule has 0 radical (unpaired) electrons. The number of hydrogen-bond acceptors (Lipinski definition) is 1. The van der Waals surface area contributed by atoms with Crippen LogP contribution in [0.2, 0.25) is 0 Å². The van der Waals surface area contributed by atoms with E-state index in [0.717, 1.165) is 37.0 Å². The van der Waals surface area contributed by atoms with Gasteiger partial charge in [-0.2, -0.15) is 0 Å². The van der Waals surface area contributed by atoms with Gasteiger partial charge >= 0.3 is 0 Å². The van der Waals surface area contributed by atoms with Crippen LogP contribution in [-0.2, 0) is 0 Å². The van der Waals surface area contributed by atoms with Crippen molar-refractivity contribution in [3.05, 3.63) is 24.3 Å². The Morgan fingerprint density at radius 3 is 2.78 bits per heavy atom. The second-order valence-electron chi connectivity index (χ2n) is 9.12. The molecular weight excluding hydrogens is 280 g/mol. The van der Waals surface area contributed by atoms with Crippen LogP contribution in [0.1, 0.15) is 84.5 Å². The minimum absolute atomic E-state index is 0.00787. The molecule has 0 aromatic rings. The number of aliphatic hydroxyl groups is 1. The standard InChI is InChI=1S/C22H36O/c1-4-14-22(23)15-7-9-18-12-11-17-8-5-6-10-19(17)20(18)13-16-21(22,2)3/h4,8,18-20,23H,1,5-7,9-16H2,2-3H3/t18-,19+,20+,22+/m1/s1. The van der Waals surface area contributed by atoms with E-state index in [0.29, 0.717) is 0 Å². The molecule has 3 aliphatic carbocycles. The van der Waals surface area contributed by atoms with Gasteiger partial charge in [0.05, 0.1) is 5.60 Å². The van der Waals surface area contributed by atoms with E-state index in [1.165, 1.54) is 51.4 Å². The van der Waals surface area contributed by atoms with Crippen molar-refractivity contribution in [2.45, 2.75) is 90.1 Å². The van der Waals surface area contributed by atoms with Gasteiger partial charge in [0.15, 0.2) is 0 Å². The zero-order valence-corrected chi connectivity index (χ0v) is 15.3. The van der Waals surface area contributed by atoms with Gasteiger partial charge in [0.2, 0.25) is 0 Å². The van der Waals surface area contributed by atoms with Crippen LogP contribution in [0, 0.1) is 23.2 Å². The number of rotatable bonds is 2. The Hall–Kier alpha value is -0.560. The molecule has 1 nitrogen and oxygen atoms in total.